The Morgan fingerprint density at radius 3 is 2.52 bits per heavy atom. The first-order valence-electron chi connectivity index (χ1n) is 10.5. The van der Waals surface area contributed by atoms with Crippen molar-refractivity contribution < 1.29 is 27.4 Å². The number of amides is 1. The van der Waals surface area contributed by atoms with Crippen LogP contribution in [0.1, 0.15) is 36.1 Å². The molecule has 1 aliphatic heterocycles. The van der Waals surface area contributed by atoms with Crippen LogP contribution in [0, 0.1) is 0 Å². The van der Waals surface area contributed by atoms with E-state index >= 15 is 0 Å². The third kappa shape index (κ3) is 4.30. The number of carbonyl (C=O) groups excluding carboxylic acids is 1. The molecule has 0 radical (unpaired) electrons. The Morgan fingerprint density at radius 1 is 1.09 bits per heavy atom. The number of anilines is 1. The lowest BCUT2D eigenvalue weighted by Gasteiger charge is -2.26. The molecule has 0 saturated heterocycles. The van der Waals surface area contributed by atoms with Crippen molar-refractivity contribution >= 4 is 32.8 Å². The van der Waals surface area contributed by atoms with Crippen molar-refractivity contribution in [2.75, 3.05) is 26.1 Å². The van der Waals surface area contributed by atoms with Gasteiger partial charge in [0.25, 0.3) is 0 Å². The van der Waals surface area contributed by atoms with E-state index in [9.17, 15) is 13.2 Å². The molecule has 0 fully saturated rings. The van der Waals surface area contributed by atoms with Crippen molar-refractivity contribution in [1.29, 1.82) is 0 Å². The highest BCUT2D eigenvalue weighted by atomic mass is 32.2. The van der Waals surface area contributed by atoms with E-state index < -0.39 is 9.84 Å². The molecule has 0 bridgehead atoms. The molecule has 7 nitrogen and oxygen atoms in total. The van der Waals surface area contributed by atoms with Gasteiger partial charge < -0.3 is 19.5 Å². The maximum absolute atomic E-state index is 13.4. The van der Waals surface area contributed by atoms with Gasteiger partial charge in [-0.25, -0.2) is 8.42 Å². The van der Waals surface area contributed by atoms with Crippen LogP contribution in [-0.4, -0.2) is 35.2 Å². The minimum Gasteiger partial charge on any atom is -0.497 e. The standard InChI is InChI=1S/C24H25NO6S2/c1-4-12-31-23-17(6-5-7-19(23)30-3)18-13-21(26)25-22-20(14-32-24(18)22)33(27,28)16-10-8-15(29-2)9-11-16/h5-11,14,18H,4,12-13H2,1-3H3,(H,25,26). The van der Waals surface area contributed by atoms with Crippen LogP contribution in [0.15, 0.2) is 57.6 Å². The molecule has 174 valence electrons. The molecule has 1 atom stereocenters. The molecule has 1 unspecified atom stereocenters. The Hall–Kier alpha value is -3.04. The molecule has 2 heterocycles. The maximum Gasteiger partial charge on any atom is 0.225 e. The van der Waals surface area contributed by atoms with E-state index in [4.69, 9.17) is 14.2 Å². The summed E-state index contributed by atoms with van der Waals surface area (Å²) in [5.41, 5.74) is 1.13. The monoisotopic (exact) mass is 487 g/mol. The largest absolute Gasteiger partial charge is 0.497 e. The predicted molar refractivity (Wildman–Crippen MR) is 127 cm³/mol. The quantitative estimate of drug-likeness (QED) is 0.488. The topological polar surface area (TPSA) is 90.9 Å². The summed E-state index contributed by atoms with van der Waals surface area (Å²) in [4.78, 5) is 13.7. The number of nitrogens with one attached hydrogen (secondary N) is 1. The molecule has 1 amide bonds. The zero-order chi connectivity index (χ0) is 23.6. The van der Waals surface area contributed by atoms with E-state index in [1.165, 1.54) is 30.6 Å². The molecule has 1 aromatic heterocycles. The van der Waals surface area contributed by atoms with E-state index in [1.54, 1.807) is 24.6 Å². The molecule has 33 heavy (non-hydrogen) atoms. The number of ether oxygens (including phenoxy) is 3. The predicted octanol–water partition coefficient (Wildman–Crippen LogP) is 4.86. The van der Waals surface area contributed by atoms with Crippen molar-refractivity contribution in [1.82, 2.24) is 0 Å². The minimum atomic E-state index is -3.84. The van der Waals surface area contributed by atoms with Crippen molar-refractivity contribution in [2.24, 2.45) is 0 Å². The highest BCUT2D eigenvalue weighted by Gasteiger charge is 2.36. The minimum absolute atomic E-state index is 0.0876. The molecule has 9 heteroatoms. The number of hydrogen-bond acceptors (Lipinski definition) is 7. The Kier molecular flexibility index (Phi) is 6.62. The van der Waals surface area contributed by atoms with Crippen molar-refractivity contribution in [2.45, 2.75) is 35.5 Å². The zero-order valence-electron chi connectivity index (χ0n) is 18.6. The number of carbonyl (C=O) groups is 1. The van der Waals surface area contributed by atoms with Crippen LogP contribution in [0.4, 0.5) is 5.69 Å². The molecule has 1 N–H and O–H groups in total. The molecule has 2 aromatic carbocycles. The summed E-state index contributed by atoms with van der Waals surface area (Å²) in [7, 11) is -0.754. The highest BCUT2D eigenvalue weighted by molar-refractivity contribution is 7.91. The number of benzene rings is 2. The molecule has 0 spiro atoms. The summed E-state index contributed by atoms with van der Waals surface area (Å²) in [6.07, 6.45) is 1.00. The van der Waals surface area contributed by atoms with Crippen molar-refractivity contribution in [3.8, 4) is 17.2 Å². The Bertz CT molecular complexity index is 1260. The molecular weight excluding hydrogens is 462 g/mol. The second-order valence-corrected chi connectivity index (χ2v) is 10.4. The third-order valence-corrected chi connectivity index (χ3v) is 8.51. The van der Waals surface area contributed by atoms with Gasteiger partial charge in [-0.15, -0.1) is 11.3 Å². The zero-order valence-corrected chi connectivity index (χ0v) is 20.2. The molecule has 4 rings (SSSR count). The van der Waals surface area contributed by atoms with Crippen LogP contribution in [0.5, 0.6) is 17.2 Å². The van der Waals surface area contributed by atoms with Crippen LogP contribution in [0.2, 0.25) is 0 Å². The Labute approximate surface area is 197 Å². The third-order valence-electron chi connectivity index (χ3n) is 5.47. The first-order valence-corrected chi connectivity index (χ1v) is 12.9. The lowest BCUT2D eigenvalue weighted by atomic mass is 9.89. The van der Waals surface area contributed by atoms with E-state index in [0.29, 0.717) is 29.5 Å². The maximum atomic E-state index is 13.4. The first kappa shape index (κ1) is 23.1. The molecule has 0 saturated carbocycles. The van der Waals surface area contributed by atoms with E-state index in [1.807, 2.05) is 25.1 Å². The summed E-state index contributed by atoms with van der Waals surface area (Å²) in [5, 5.41) is 4.39. The molecule has 3 aromatic rings. The van der Waals surface area contributed by atoms with Crippen LogP contribution < -0.4 is 19.5 Å². The van der Waals surface area contributed by atoms with Gasteiger partial charge in [-0.05, 0) is 36.8 Å². The average Bonchev–Trinajstić information content (AvgIpc) is 3.26. The summed E-state index contributed by atoms with van der Waals surface area (Å²) >= 11 is 1.32. The number of fused-ring (bicyclic) bond motifs is 1. The van der Waals surface area contributed by atoms with Crippen molar-refractivity contribution in [3.63, 3.8) is 0 Å². The second-order valence-electron chi connectivity index (χ2n) is 7.55. The van der Waals surface area contributed by atoms with Gasteiger partial charge in [-0.2, -0.15) is 0 Å². The molecule has 1 aliphatic rings. The van der Waals surface area contributed by atoms with Crippen LogP contribution in [0.25, 0.3) is 0 Å². The van der Waals surface area contributed by atoms with Crippen molar-refractivity contribution in [3.05, 3.63) is 58.3 Å². The van der Waals surface area contributed by atoms with Gasteiger partial charge in [0.2, 0.25) is 15.7 Å². The van der Waals surface area contributed by atoms with Gasteiger partial charge in [-0.1, -0.05) is 19.1 Å². The van der Waals surface area contributed by atoms with Gasteiger partial charge >= 0.3 is 0 Å². The highest BCUT2D eigenvalue weighted by Crippen LogP contribution is 2.49. The fourth-order valence-electron chi connectivity index (χ4n) is 3.86. The fourth-order valence-corrected chi connectivity index (χ4v) is 6.76. The second kappa shape index (κ2) is 9.44. The van der Waals surface area contributed by atoms with E-state index in [2.05, 4.69) is 5.32 Å². The summed E-state index contributed by atoms with van der Waals surface area (Å²) in [6.45, 7) is 2.51. The normalized spacial score (nSPS) is 15.5. The van der Waals surface area contributed by atoms with Gasteiger partial charge in [-0.3, -0.25) is 4.79 Å². The number of thiophene rings is 1. The lowest BCUT2D eigenvalue weighted by molar-refractivity contribution is -0.116. The SMILES string of the molecule is CCCOc1c(OC)cccc1C1CC(=O)Nc2c(S(=O)(=O)c3ccc(OC)cc3)csc21. The molecular formula is C24H25NO6S2. The fraction of sp³-hybridized carbons (Fsp3) is 0.292. The lowest BCUT2D eigenvalue weighted by Crippen LogP contribution is -2.24. The van der Waals surface area contributed by atoms with E-state index in [-0.39, 0.29) is 28.0 Å². The van der Waals surface area contributed by atoms with Gasteiger partial charge in [0.1, 0.15) is 10.6 Å². The van der Waals surface area contributed by atoms with Crippen LogP contribution in [0.3, 0.4) is 0 Å². The summed E-state index contributed by atoms with van der Waals surface area (Å²) < 4.78 is 43.4. The Morgan fingerprint density at radius 2 is 1.85 bits per heavy atom. The summed E-state index contributed by atoms with van der Waals surface area (Å²) in [5.74, 6) is 1.13. The number of methoxy groups -OCH3 is 2. The number of sulfone groups is 1. The van der Waals surface area contributed by atoms with Crippen LogP contribution >= 0.6 is 11.3 Å². The summed E-state index contributed by atoms with van der Waals surface area (Å²) in [6, 6.07) is 11.8. The van der Waals surface area contributed by atoms with Gasteiger partial charge in [0.05, 0.1) is 31.4 Å². The number of hydrogen-bond donors (Lipinski definition) is 1. The first-order chi connectivity index (χ1) is 15.9. The number of para-hydroxylation sites is 1. The van der Waals surface area contributed by atoms with Gasteiger partial charge in [0.15, 0.2) is 11.5 Å². The average molecular weight is 488 g/mol. The number of rotatable bonds is 8. The van der Waals surface area contributed by atoms with Crippen LogP contribution in [-0.2, 0) is 14.6 Å². The Balaban J connectivity index is 1.81. The van der Waals surface area contributed by atoms with Gasteiger partial charge in [0, 0.05) is 28.2 Å². The molecule has 0 aliphatic carbocycles. The van der Waals surface area contributed by atoms with E-state index in [0.717, 1.165) is 16.9 Å². The smallest absolute Gasteiger partial charge is 0.225 e.